The van der Waals surface area contributed by atoms with Crippen LogP contribution in [0.4, 0.5) is 11.4 Å². The van der Waals surface area contributed by atoms with Gasteiger partial charge < -0.3 is 11.1 Å². The van der Waals surface area contributed by atoms with E-state index < -0.39 is 4.92 Å². The number of nitrogens with zero attached hydrogens (tertiary/aromatic N) is 1. The van der Waals surface area contributed by atoms with Crippen LogP contribution in [0.15, 0.2) is 18.2 Å². The van der Waals surface area contributed by atoms with Crippen LogP contribution >= 0.6 is 11.6 Å². The Balaban J connectivity index is 2.04. The molecule has 2 rings (SSSR count). The summed E-state index contributed by atoms with van der Waals surface area (Å²) in [7, 11) is 0. The molecule has 2 atom stereocenters. The third kappa shape index (κ3) is 3.46. The fourth-order valence-electron chi connectivity index (χ4n) is 2.44. The number of nitro benzene ring substituents is 1. The summed E-state index contributed by atoms with van der Waals surface area (Å²) in [5.74, 6) is -0.210. The minimum absolute atomic E-state index is 0.00754. The molecule has 6 nitrogen and oxygen atoms in total. The first-order chi connectivity index (χ1) is 9.47. The van der Waals surface area contributed by atoms with Crippen LogP contribution < -0.4 is 11.1 Å². The lowest BCUT2D eigenvalue weighted by atomic mass is 9.85. The smallest absolute Gasteiger partial charge is 0.288 e. The summed E-state index contributed by atoms with van der Waals surface area (Å²) >= 11 is 5.80. The summed E-state index contributed by atoms with van der Waals surface area (Å²) in [6, 6.07) is 4.22. The molecule has 0 saturated heterocycles. The molecule has 0 aliphatic heterocycles. The van der Waals surface area contributed by atoms with Gasteiger partial charge in [0, 0.05) is 23.7 Å². The van der Waals surface area contributed by atoms with E-state index in [-0.39, 0.29) is 28.6 Å². The number of carbonyl (C=O) groups is 1. The molecule has 1 aromatic carbocycles. The van der Waals surface area contributed by atoms with E-state index in [9.17, 15) is 14.9 Å². The minimum atomic E-state index is -0.561. The molecule has 3 N–H and O–H groups in total. The topological polar surface area (TPSA) is 98.3 Å². The van der Waals surface area contributed by atoms with Gasteiger partial charge in [0.05, 0.1) is 4.92 Å². The summed E-state index contributed by atoms with van der Waals surface area (Å²) in [5, 5.41) is 13.4. The van der Waals surface area contributed by atoms with Gasteiger partial charge in [0.15, 0.2) is 0 Å². The molecule has 0 bridgehead atoms. The standard InChI is InChI=1S/C13H16ClN3O3/c14-11-7-10(4-5-12(11)17(19)20)16-13(18)8-2-1-3-9(15)6-8/h4-5,7-9H,1-3,6,15H2,(H,16,18). The second kappa shape index (κ2) is 6.19. The Morgan fingerprint density at radius 1 is 1.45 bits per heavy atom. The molecule has 1 aliphatic carbocycles. The zero-order chi connectivity index (χ0) is 14.7. The molecule has 1 aromatic rings. The first-order valence-electron chi connectivity index (χ1n) is 6.47. The number of nitrogens with one attached hydrogen (secondary N) is 1. The molecule has 20 heavy (non-hydrogen) atoms. The van der Waals surface area contributed by atoms with Gasteiger partial charge in [-0.1, -0.05) is 18.0 Å². The lowest BCUT2D eigenvalue weighted by Crippen LogP contribution is -2.34. The highest BCUT2D eigenvalue weighted by Crippen LogP contribution is 2.29. The Bertz CT molecular complexity index is 536. The average Bonchev–Trinajstić information content (AvgIpc) is 2.38. The highest BCUT2D eigenvalue weighted by molar-refractivity contribution is 6.33. The molecule has 0 radical (unpaired) electrons. The van der Waals surface area contributed by atoms with Crippen molar-refractivity contribution in [3.05, 3.63) is 33.3 Å². The van der Waals surface area contributed by atoms with Gasteiger partial charge >= 0.3 is 0 Å². The predicted molar refractivity (Wildman–Crippen MR) is 76.7 cm³/mol. The van der Waals surface area contributed by atoms with E-state index in [2.05, 4.69) is 5.32 Å². The van der Waals surface area contributed by atoms with Crippen LogP contribution in [0.2, 0.25) is 5.02 Å². The first kappa shape index (κ1) is 14.7. The molecule has 108 valence electrons. The number of amides is 1. The number of rotatable bonds is 3. The Morgan fingerprint density at radius 3 is 2.80 bits per heavy atom. The van der Waals surface area contributed by atoms with Crippen LogP contribution in [-0.2, 0) is 4.79 Å². The van der Waals surface area contributed by atoms with Gasteiger partial charge in [0.25, 0.3) is 5.69 Å². The van der Waals surface area contributed by atoms with Crippen LogP contribution in [0.5, 0.6) is 0 Å². The Kier molecular flexibility index (Phi) is 4.57. The summed E-state index contributed by atoms with van der Waals surface area (Å²) < 4.78 is 0. The van der Waals surface area contributed by atoms with E-state index in [1.165, 1.54) is 18.2 Å². The third-order valence-corrected chi connectivity index (χ3v) is 3.80. The number of halogens is 1. The Labute approximate surface area is 121 Å². The minimum Gasteiger partial charge on any atom is -0.328 e. The molecule has 0 spiro atoms. The predicted octanol–water partition coefficient (Wildman–Crippen LogP) is 2.70. The normalized spacial score (nSPS) is 22.3. The lowest BCUT2D eigenvalue weighted by molar-refractivity contribution is -0.384. The van der Waals surface area contributed by atoms with Crippen molar-refractivity contribution in [2.45, 2.75) is 31.7 Å². The van der Waals surface area contributed by atoms with Crippen LogP contribution in [0.3, 0.4) is 0 Å². The molecule has 2 unspecified atom stereocenters. The van der Waals surface area contributed by atoms with E-state index in [0.717, 1.165) is 19.3 Å². The summed E-state index contributed by atoms with van der Waals surface area (Å²) in [6.07, 6.45) is 3.39. The fraction of sp³-hybridized carbons (Fsp3) is 0.462. The zero-order valence-electron chi connectivity index (χ0n) is 10.8. The van der Waals surface area contributed by atoms with Crippen molar-refractivity contribution >= 4 is 28.9 Å². The van der Waals surface area contributed by atoms with Crippen LogP contribution in [0.1, 0.15) is 25.7 Å². The first-order valence-corrected chi connectivity index (χ1v) is 6.85. The van der Waals surface area contributed by atoms with Crippen LogP contribution in [0, 0.1) is 16.0 Å². The zero-order valence-corrected chi connectivity index (χ0v) is 11.6. The maximum atomic E-state index is 12.1. The second-order valence-corrected chi connectivity index (χ2v) is 5.44. The van der Waals surface area contributed by atoms with Crippen molar-refractivity contribution in [1.82, 2.24) is 0 Å². The van der Waals surface area contributed by atoms with Crippen molar-refractivity contribution in [2.75, 3.05) is 5.32 Å². The molecule has 1 aliphatic rings. The number of benzene rings is 1. The van der Waals surface area contributed by atoms with E-state index in [1.54, 1.807) is 0 Å². The largest absolute Gasteiger partial charge is 0.328 e. The summed E-state index contributed by atoms with van der Waals surface area (Å²) in [4.78, 5) is 22.2. The van der Waals surface area contributed by atoms with Gasteiger partial charge in [-0.15, -0.1) is 0 Å². The number of nitro groups is 1. The molecule has 7 heteroatoms. The van der Waals surface area contributed by atoms with Crippen molar-refractivity contribution < 1.29 is 9.72 Å². The summed E-state index contributed by atoms with van der Waals surface area (Å²) in [5.41, 5.74) is 6.14. The van der Waals surface area contributed by atoms with Gasteiger partial charge in [-0.25, -0.2) is 0 Å². The number of hydrogen-bond donors (Lipinski definition) is 2. The number of anilines is 1. The van der Waals surface area contributed by atoms with Crippen molar-refractivity contribution in [3.63, 3.8) is 0 Å². The fourth-order valence-corrected chi connectivity index (χ4v) is 2.69. The average molecular weight is 298 g/mol. The third-order valence-electron chi connectivity index (χ3n) is 3.50. The van der Waals surface area contributed by atoms with Gasteiger partial charge in [0.1, 0.15) is 5.02 Å². The quantitative estimate of drug-likeness (QED) is 0.662. The van der Waals surface area contributed by atoms with E-state index in [0.29, 0.717) is 12.1 Å². The monoisotopic (exact) mass is 297 g/mol. The van der Waals surface area contributed by atoms with Gasteiger partial charge in [-0.2, -0.15) is 0 Å². The number of carbonyl (C=O) groups excluding carboxylic acids is 1. The molecule has 1 fully saturated rings. The maximum absolute atomic E-state index is 12.1. The number of hydrogen-bond acceptors (Lipinski definition) is 4. The Hall–Kier alpha value is -1.66. The molecule has 0 heterocycles. The summed E-state index contributed by atoms with van der Waals surface area (Å²) in [6.45, 7) is 0. The van der Waals surface area contributed by atoms with Crippen LogP contribution in [0.25, 0.3) is 0 Å². The highest BCUT2D eigenvalue weighted by Gasteiger charge is 2.25. The van der Waals surface area contributed by atoms with Crippen molar-refractivity contribution in [3.8, 4) is 0 Å². The Morgan fingerprint density at radius 2 is 2.20 bits per heavy atom. The molecular weight excluding hydrogens is 282 g/mol. The lowest BCUT2D eigenvalue weighted by Gasteiger charge is -2.25. The SMILES string of the molecule is NC1CCCC(C(=O)Nc2ccc([N+](=O)[O-])c(Cl)c2)C1. The van der Waals surface area contributed by atoms with E-state index in [4.69, 9.17) is 17.3 Å². The molecule has 1 amide bonds. The molecule has 1 saturated carbocycles. The van der Waals surface area contributed by atoms with Crippen LogP contribution in [-0.4, -0.2) is 16.9 Å². The van der Waals surface area contributed by atoms with E-state index >= 15 is 0 Å². The van der Waals surface area contributed by atoms with Crippen molar-refractivity contribution in [1.29, 1.82) is 0 Å². The van der Waals surface area contributed by atoms with Gasteiger partial charge in [-0.05, 0) is 31.4 Å². The van der Waals surface area contributed by atoms with E-state index in [1.807, 2.05) is 0 Å². The second-order valence-electron chi connectivity index (χ2n) is 5.04. The van der Waals surface area contributed by atoms with Crippen molar-refractivity contribution in [2.24, 2.45) is 11.7 Å². The van der Waals surface area contributed by atoms with Gasteiger partial charge in [0.2, 0.25) is 5.91 Å². The molecule has 0 aromatic heterocycles. The highest BCUT2D eigenvalue weighted by atomic mass is 35.5. The maximum Gasteiger partial charge on any atom is 0.288 e. The number of nitrogens with two attached hydrogens (primary N) is 1. The molecular formula is C13H16ClN3O3. The van der Waals surface area contributed by atoms with Gasteiger partial charge in [-0.3, -0.25) is 14.9 Å².